The number of nitro groups is 1. The summed E-state index contributed by atoms with van der Waals surface area (Å²) in [4.78, 5) is 22.5. The van der Waals surface area contributed by atoms with E-state index in [9.17, 15) is 20.2 Å². The molecule has 0 spiro atoms. The van der Waals surface area contributed by atoms with Crippen LogP contribution in [0, 0.1) is 28.4 Å². The number of nitrogens with zero attached hydrogens (tertiary/aromatic N) is 2. The van der Waals surface area contributed by atoms with E-state index in [1.165, 1.54) is 24.3 Å². The second-order valence-electron chi connectivity index (χ2n) is 4.93. The molecule has 7 heteroatoms. The Kier molecular flexibility index (Phi) is 5.45. The van der Waals surface area contributed by atoms with Gasteiger partial charge in [0.25, 0.3) is 11.6 Å². The summed E-state index contributed by atoms with van der Waals surface area (Å²) in [5.41, 5.74) is 1.55. The Labute approximate surface area is 146 Å². The molecule has 120 valence electrons. The molecule has 0 saturated heterocycles. The summed E-state index contributed by atoms with van der Waals surface area (Å²) in [6.07, 6.45) is 1.47. The number of non-ortho nitro benzene ring substituents is 1. The van der Waals surface area contributed by atoms with Gasteiger partial charge in [0, 0.05) is 22.3 Å². The molecule has 0 aliphatic rings. The third kappa shape index (κ3) is 4.27. The van der Waals surface area contributed by atoms with E-state index in [4.69, 9.17) is 0 Å². The van der Waals surface area contributed by atoms with Gasteiger partial charge in [0.05, 0.1) is 4.92 Å². The standard InChI is InChI=1S/C17H12BrN3O3/c1-11-8-15(21(23)24)6-7-16(11)20-17(22)13(10-19)9-12-2-4-14(18)5-3-12/h2-9H,1H3,(H,20,22)/b13-9+. The molecule has 6 nitrogen and oxygen atoms in total. The molecular weight excluding hydrogens is 374 g/mol. The van der Waals surface area contributed by atoms with E-state index in [1.54, 1.807) is 31.2 Å². The van der Waals surface area contributed by atoms with Crippen LogP contribution in [0.4, 0.5) is 11.4 Å². The fourth-order valence-electron chi connectivity index (χ4n) is 1.97. The van der Waals surface area contributed by atoms with Gasteiger partial charge in [-0.05, 0) is 42.3 Å². The summed E-state index contributed by atoms with van der Waals surface area (Å²) in [5, 5.41) is 22.5. The topological polar surface area (TPSA) is 96.0 Å². The van der Waals surface area contributed by atoms with E-state index in [1.807, 2.05) is 6.07 Å². The van der Waals surface area contributed by atoms with Crippen molar-refractivity contribution in [1.29, 1.82) is 5.26 Å². The molecule has 0 bridgehead atoms. The lowest BCUT2D eigenvalue weighted by molar-refractivity contribution is -0.384. The van der Waals surface area contributed by atoms with Crippen molar-refractivity contribution >= 4 is 39.3 Å². The van der Waals surface area contributed by atoms with Gasteiger partial charge < -0.3 is 5.32 Å². The van der Waals surface area contributed by atoms with Crippen LogP contribution in [0.15, 0.2) is 52.5 Å². The number of rotatable bonds is 4. The maximum absolute atomic E-state index is 12.2. The smallest absolute Gasteiger partial charge is 0.269 e. The second-order valence-corrected chi connectivity index (χ2v) is 5.85. The number of hydrogen-bond acceptors (Lipinski definition) is 4. The van der Waals surface area contributed by atoms with Crippen LogP contribution >= 0.6 is 15.9 Å². The van der Waals surface area contributed by atoms with E-state index in [-0.39, 0.29) is 11.3 Å². The lowest BCUT2D eigenvalue weighted by Gasteiger charge is -2.07. The number of halogens is 1. The number of nitriles is 1. The number of benzene rings is 2. The SMILES string of the molecule is Cc1cc([N+](=O)[O-])ccc1NC(=O)/C(C#N)=C/c1ccc(Br)cc1. The molecular formula is C17H12BrN3O3. The van der Waals surface area contributed by atoms with Crippen LogP contribution in [0.1, 0.15) is 11.1 Å². The molecule has 2 aromatic carbocycles. The van der Waals surface area contributed by atoms with Crippen LogP contribution in [0.5, 0.6) is 0 Å². The van der Waals surface area contributed by atoms with Gasteiger partial charge >= 0.3 is 0 Å². The molecule has 1 amide bonds. The van der Waals surface area contributed by atoms with Gasteiger partial charge in [0.15, 0.2) is 0 Å². The first-order valence-corrected chi connectivity index (χ1v) is 7.64. The molecule has 0 aliphatic carbocycles. The van der Waals surface area contributed by atoms with E-state index >= 15 is 0 Å². The fourth-order valence-corrected chi connectivity index (χ4v) is 2.23. The molecule has 24 heavy (non-hydrogen) atoms. The summed E-state index contributed by atoms with van der Waals surface area (Å²) < 4.78 is 0.893. The number of amides is 1. The number of aryl methyl sites for hydroxylation is 1. The van der Waals surface area contributed by atoms with Crippen molar-refractivity contribution < 1.29 is 9.72 Å². The number of nitrogens with one attached hydrogen (secondary N) is 1. The van der Waals surface area contributed by atoms with Gasteiger partial charge in [0.1, 0.15) is 11.6 Å². The van der Waals surface area contributed by atoms with E-state index in [2.05, 4.69) is 21.2 Å². The Morgan fingerprint density at radius 3 is 2.50 bits per heavy atom. The molecule has 0 aromatic heterocycles. The average Bonchev–Trinajstić information content (AvgIpc) is 2.55. The van der Waals surface area contributed by atoms with Crippen LogP contribution in [0.25, 0.3) is 6.08 Å². The van der Waals surface area contributed by atoms with Crippen molar-refractivity contribution in [2.75, 3.05) is 5.32 Å². The predicted molar refractivity (Wildman–Crippen MR) is 94.2 cm³/mol. The van der Waals surface area contributed by atoms with Gasteiger partial charge in [-0.15, -0.1) is 0 Å². The maximum atomic E-state index is 12.2. The van der Waals surface area contributed by atoms with Crippen LogP contribution in [-0.2, 0) is 4.79 Å². The van der Waals surface area contributed by atoms with Crippen molar-refractivity contribution in [3.05, 3.63) is 73.8 Å². The van der Waals surface area contributed by atoms with Crippen LogP contribution < -0.4 is 5.32 Å². The molecule has 0 heterocycles. The number of carbonyl (C=O) groups excluding carboxylic acids is 1. The van der Waals surface area contributed by atoms with Gasteiger partial charge in [-0.25, -0.2) is 0 Å². The fraction of sp³-hybridized carbons (Fsp3) is 0.0588. The molecule has 0 unspecified atom stereocenters. The van der Waals surface area contributed by atoms with Crippen LogP contribution in [-0.4, -0.2) is 10.8 Å². The molecule has 0 radical (unpaired) electrons. The average molecular weight is 386 g/mol. The Morgan fingerprint density at radius 2 is 1.96 bits per heavy atom. The van der Waals surface area contributed by atoms with Gasteiger partial charge in [0.2, 0.25) is 0 Å². The first kappa shape index (κ1) is 17.4. The van der Waals surface area contributed by atoms with Crippen molar-refractivity contribution in [3.63, 3.8) is 0 Å². The first-order chi connectivity index (χ1) is 11.4. The van der Waals surface area contributed by atoms with Gasteiger partial charge in [-0.2, -0.15) is 5.26 Å². The largest absolute Gasteiger partial charge is 0.321 e. The number of carbonyl (C=O) groups is 1. The van der Waals surface area contributed by atoms with E-state index in [0.717, 1.165) is 4.47 Å². The van der Waals surface area contributed by atoms with Gasteiger partial charge in [-0.3, -0.25) is 14.9 Å². The molecule has 0 atom stereocenters. The molecule has 0 saturated carbocycles. The first-order valence-electron chi connectivity index (χ1n) is 6.84. The second kappa shape index (κ2) is 7.53. The highest BCUT2D eigenvalue weighted by Gasteiger charge is 2.13. The summed E-state index contributed by atoms with van der Waals surface area (Å²) in [6, 6.07) is 13.1. The Hall–Kier alpha value is -2.98. The Balaban J connectivity index is 2.22. The molecule has 1 N–H and O–H groups in total. The monoisotopic (exact) mass is 385 g/mol. The lowest BCUT2D eigenvalue weighted by atomic mass is 10.1. The normalized spacial score (nSPS) is 10.8. The quantitative estimate of drug-likeness (QED) is 0.368. The Bertz CT molecular complexity index is 868. The minimum Gasteiger partial charge on any atom is -0.321 e. The summed E-state index contributed by atoms with van der Waals surface area (Å²) >= 11 is 3.31. The van der Waals surface area contributed by atoms with Crippen LogP contribution in [0.2, 0.25) is 0 Å². The highest BCUT2D eigenvalue weighted by atomic mass is 79.9. The third-order valence-electron chi connectivity index (χ3n) is 3.22. The Morgan fingerprint density at radius 1 is 1.29 bits per heavy atom. The number of nitro benzene ring substituents is 1. The molecule has 0 aliphatic heterocycles. The number of hydrogen-bond donors (Lipinski definition) is 1. The minimum absolute atomic E-state index is 0.0589. The summed E-state index contributed by atoms with van der Waals surface area (Å²) in [7, 11) is 0. The summed E-state index contributed by atoms with van der Waals surface area (Å²) in [6.45, 7) is 1.65. The highest BCUT2D eigenvalue weighted by Crippen LogP contribution is 2.22. The van der Waals surface area contributed by atoms with Crippen molar-refractivity contribution in [2.24, 2.45) is 0 Å². The maximum Gasteiger partial charge on any atom is 0.269 e. The molecule has 2 rings (SSSR count). The molecule has 2 aromatic rings. The zero-order chi connectivity index (χ0) is 17.7. The zero-order valence-corrected chi connectivity index (χ0v) is 14.2. The van der Waals surface area contributed by atoms with E-state index in [0.29, 0.717) is 16.8 Å². The lowest BCUT2D eigenvalue weighted by Crippen LogP contribution is -2.14. The van der Waals surface area contributed by atoms with Crippen LogP contribution in [0.3, 0.4) is 0 Å². The summed E-state index contributed by atoms with van der Waals surface area (Å²) in [5.74, 6) is -0.572. The van der Waals surface area contributed by atoms with E-state index < -0.39 is 10.8 Å². The highest BCUT2D eigenvalue weighted by molar-refractivity contribution is 9.10. The predicted octanol–water partition coefficient (Wildman–Crippen LogP) is 4.21. The number of anilines is 1. The molecule has 0 fully saturated rings. The van der Waals surface area contributed by atoms with Crippen molar-refractivity contribution in [1.82, 2.24) is 0 Å². The zero-order valence-electron chi connectivity index (χ0n) is 12.6. The van der Waals surface area contributed by atoms with Crippen molar-refractivity contribution in [2.45, 2.75) is 6.92 Å². The third-order valence-corrected chi connectivity index (χ3v) is 3.74. The van der Waals surface area contributed by atoms with Gasteiger partial charge in [-0.1, -0.05) is 28.1 Å². The van der Waals surface area contributed by atoms with Crippen molar-refractivity contribution in [3.8, 4) is 6.07 Å². The minimum atomic E-state index is -0.572.